The summed E-state index contributed by atoms with van der Waals surface area (Å²) in [7, 11) is 0. The van der Waals surface area contributed by atoms with Gasteiger partial charge in [0.1, 0.15) is 5.83 Å². The van der Waals surface area contributed by atoms with Crippen LogP contribution in [0.5, 0.6) is 0 Å². The Morgan fingerprint density at radius 1 is 1.43 bits per heavy atom. The van der Waals surface area contributed by atoms with Crippen molar-refractivity contribution in [2.75, 3.05) is 6.61 Å². The normalized spacial score (nSPS) is 16.9. The van der Waals surface area contributed by atoms with Crippen LogP contribution in [0.25, 0.3) is 0 Å². The molecule has 84 valence electrons. The molecule has 0 aliphatic heterocycles. The van der Waals surface area contributed by atoms with Crippen LogP contribution in [0.2, 0.25) is 0 Å². The van der Waals surface area contributed by atoms with Gasteiger partial charge in [-0.1, -0.05) is 6.58 Å². The van der Waals surface area contributed by atoms with E-state index >= 15 is 0 Å². The molecule has 0 saturated heterocycles. The van der Waals surface area contributed by atoms with Crippen LogP contribution >= 0.6 is 0 Å². The van der Waals surface area contributed by atoms with E-state index in [0.29, 0.717) is 0 Å². The minimum atomic E-state index is -5.03. The largest absolute Gasteiger partial charge is 0.426 e. The fourth-order valence-electron chi connectivity index (χ4n) is 0.900. The number of alkyl halides is 3. The predicted octanol–water partition coefficient (Wildman–Crippen LogP) is 2.19. The monoisotopic (exact) mass is 216 g/mol. The Kier molecular flexibility index (Phi) is 4.08. The van der Waals surface area contributed by atoms with E-state index in [-0.39, 0.29) is 0 Å². The fraction of sp³-hybridized carbons (Fsp3) is 0.750. The van der Waals surface area contributed by atoms with Crippen molar-refractivity contribution in [2.45, 2.75) is 31.7 Å². The Balaban J connectivity index is 5.10. The lowest BCUT2D eigenvalue weighted by Crippen LogP contribution is -2.52. The Labute approximate surface area is 79.2 Å². The number of halogens is 4. The summed E-state index contributed by atoms with van der Waals surface area (Å²) in [5.74, 6) is -1.75. The van der Waals surface area contributed by atoms with Crippen LogP contribution in [0.1, 0.15) is 13.8 Å². The highest BCUT2D eigenvalue weighted by Crippen LogP contribution is 2.39. The molecule has 0 aromatic carbocycles. The van der Waals surface area contributed by atoms with Crippen LogP contribution in [0, 0.1) is 0 Å². The molecule has 0 radical (unpaired) electrons. The summed E-state index contributed by atoms with van der Waals surface area (Å²) >= 11 is 0. The summed E-state index contributed by atoms with van der Waals surface area (Å²) in [4.78, 5) is 0. The third-order valence-electron chi connectivity index (χ3n) is 1.56. The van der Waals surface area contributed by atoms with Crippen LogP contribution in [-0.4, -0.2) is 29.6 Å². The molecule has 0 rings (SSSR count). The quantitative estimate of drug-likeness (QED) is 0.730. The highest BCUT2D eigenvalue weighted by Gasteiger charge is 2.59. The van der Waals surface area contributed by atoms with Crippen molar-refractivity contribution in [1.82, 2.24) is 0 Å². The van der Waals surface area contributed by atoms with Gasteiger partial charge < -0.3 is 9.84 Å². The van der Waals surface area contributed by atoms with E-state index in [2.05, 4.69) is 11.3 Å². The van der Waals surface area contributed by atoms with Gasteiger partial charge in [-0.25, -0.2) is 4.39 Å². The first-order chi connectivity index (χ1) is 6.17. The van der Waals surface area contributed by atoms with Gasteiger partial charge in [0, 0.05) is 0 Å². The number of aliphatic hydroxyl groups is 1. The van der Waals surface area contributed by atoms with Gasteiger partial charge in [0.2, 0.25) is 5.60 Å². The molecule has 0 aliphatic rings. The Hall–Kier alpha value is -0.620. The molecule has 0 aliphatic carbocycles. The molecule has 0 bridgehead atoms. The Bertz CT molecular complexity index is 212. The van der Waals surface area contributed by atoms with Gasteiger partial charge in [-0.3, -0.25) is 0 Å². The second kappa shape index (κ2) is 4.27. The molecule has 14 heavy (non-hydrogen) atoms. The van der Waals surface area contributed by atoms with Gasteiger partial charge in [-0.15, -0.1) is 0 Å². The second-order valence-electron chi connectivity index (χ2n) is 3.05. The maximum Gasteiger partial charge on any atom is 0.426 e. The molecule has 2 nitrogen and oxygen atoms in total. The molecular formula is C8H12F4O2. The molecule has 0 amide bonds. The van der Waals surface area contributed by atoms with Crippen molar-refractivity contribution in [1.29, 1.82) is 0 Å². The maximum absolute atomic E-state index is 12.7. The third-order valence-corrected chi connectivity index (χ3v) is 1.56. The van der Waals surface area contributed by atoms with Crippen molar-refractivity contribution >= 4 is 0 Å². The first-order valence-electron chi connectivity index (χ1n) is 3.87. The molecule has 6 heteroatoms. The molecule has 1 atom stereocenters. The van der Waals surface area contributed by atoms with E-state index < -0.39 is 30.3 Å². The lowest BCUT2D eigenvalue weighted by atomic mass is 10.0. The van der Waals surface area contributed by atoms with Crippen molar-refractivity contribution in [3.05, 3.63) is 12.4 Å². The second-order valence-corrected chi connectivity index (χ2v) is 3.05. The summed E-state index contributed by atoms with van der Waals surface area (Å²) in [5, 5.41) is 8.59. The predicted molar refractivity (Wildman–Crippen MR) is 42.3 cm³/mol. The minimum Gasteiger partial charge on any atom is -0.393 e. The van der Waals surface area contributed by atoms with Gasteiger partial charge in [0.05, 0.1) is 12.7 Å². The molecule has 0 aromatic heterocycles. The van der Waals surface area contributed by atoms with E-state index in [1.165, 1.54) is 13.8 Å². The van der Waals surface area contributed by atoms with Gasteiger partial charge in [0.25, 0.3) is 0 Å². The molecule has 0 fully saturated rings. The molecule has 0 spiro atoms. The molecule has 1 N–H and O–H groups in total. The first-order valence-corrected chi connectivity index (χ1v) is 3.87. The van der Waals surface area contributed by atoms with Gasteiger partial charge in [-0.2, -0.15) is 13.2 Å². The standard InChI is InChI=1S/C8H12F4O2/c1-5(2)14-7(4-13,6(3)9)8(10,11)12/h5,13H,3-4H2,1-2H3. The Morgan fingerprint density at radius 2 is 1.86 bits per heavy atom. The zero-order chi connectivity index (χ0) is 11.6. The van der Waals surface area contributed by atoms with Crippen molar-refractivity contribution in [3.8, 4) is 0 Å². The van der Waals surface area contributed by atoms with E-state index in [1.807, 2.05) is 0 Å². The third kappa shape index (κ3) is 2.45. The lowest BCUT2D eigenvalue weighted by Gasteiger charge is -2.33. The van der Waals surface area contributed by atoms with Crippen LogP contribution in [-0.2, 0) is 4.74 Å². The average molecular weight is 216 g/mol. The Morgan fingerprint density at radius 3 is 1.93 bits per heavy atom. The molecule has 0 aromatic rings. The van der Waals surface area contributed by atoms with E-state index in [9.17, 15) is 17.6 Å². The van der Waals surface area contributed by atoms with Crippen LogP contribution in [0.3, 0.4) is 0 Å². The van der Waals surface area contributed by atoms with Crippen molar-refractivity contribution < 1.29 is 27.4 Å². The van der Waals surface area contributed by atoms with Crippen molar-refractivity contribution in [3.63, 3.8) is 0 Å². The van der Waals surface area contributed by atoms with Crippen LogP contribution in [0.15, 0.2) is 12.4 Å². The lowest BCUT2D eigenvalue weighted by molar-refractivity contribution is -0.287. The van der Waals surface area contributed by atoms with Crippen molar-refractivity contribution in [2.24, 2.45) is 0 Å². The van der Waals surface area contributed by atoms with Gasteiger partial charge >= 0.3 is 6.18 Å². The zero-order valence-electron chi connectivity index (χ0n) is 7.86. The summed E-state index contributed by atoms with van der Waals surface area (Å²) in [6.07, 6.45) is -5.91. The number of hydrogen-bond acceptors (Lipinski definition) is 2. The highest BCUT2D eigenvalue weighted by molar-refractivity contribution is 5.10. The number of hydrogen-bond donors (Lipinski definition) is 1. The number of rotatable bonds is 4. The van der Waals surface area contributed by atoms with Gasteiger partial charge in [-0.05, 0) is 13.8 Å². The fourth-order valence-corrected chi connectivity index (χ4v) is 0.900. The van der Waals surface area contributed by atoms with Crippen LogP contribution < -0.4 is 0 Å². The molecule has 0 heterocycles. The molecule has 1 unspecified atom stereocenters. The summed E-state index contributed by atoms with van der Waals surface area (Å²) in [6.45, 7) is 3.63. The summed E-state index contributed by atoms with van der Waals surface area (Å²) in [6, 6.07) is 0. The average Bonchev–Trinajstić information content (AvgIpc) is 1.96. The zero-order valence-corrected chi connectivity index (χ0v) is 7.86. The smallest absolute Gasteiger partial charge is 0.393 e. The molecule has 0 saturated carbocycles. The van der Waals surface area contributed by atoms with Crippen LogP contribution in [0.4, 0.5) is 17.6 Å². The SMILES string of the molecule is C=C(F)C(CO)(OC(C)C)C(F)(F)F. The maximum atomic E-state index is 12.7. The highest BCUT2D eigenvalue weighted by atomic mass is 19.4. The van der Waals surface area contributed by atoms with E-state index in [1.54, 1.807) is 0 Å². The first kappa shape index (κ1) is 13.4. The number of aliphatic hydroxyl groups excluding tert-OH is 1. The summed E-state index contributed by atoms with van der Waals surface area (Å²) < 4.78 is 54.2. The number of ether oxygens (including phenoxy) is 1. The molecular weight excluding hydrogens is 204 g/mol. The topological polar surface area (TPSA) is 29.5 Å². The van der Waals surface area contributed by atoms with E-state index in [0.717, 1.165) is 0 Å². The summed E-state index contributed by atoms with van der Waals surface area (Å²) in [5.41, 5.74) is -3.30. The minimum absolute atomic E-state index is 0.878. The van der Waals surface area contributed by atoms with E-state index in [4.69, 9.17) is 5.11 Å². The van der Waals surface area contributed by atoms with Gasteiger partial charge in [0.15, 0.2) is 0 Å².